The Morgan fingerprint density at radius 3 is 2.57 bits per heavy atom. The van der Waals surface area contributed by atoms with Crippen LogP contribution in [0.1, 0.15) is 12.5 Å². The highest BCUT2D eigenvalue weighted by atomic mass is 79.9. The van der Waals surface area contributed by atoms with Crippen LogP contribution in [0.3, 0.4) is 0 Å². The quantitative estimate of drug-likeness (QED) is 0.775. The van der Waals surface area contributed by atoms with E-state index in [9.17, 15) is 8.42 Å². The summed E-state index contributed by atoms with van der Waals surface area (Å²) in [6, 6.07) is 9.72. The molecule has 0 atom stereocenters. The highest BCUT2D eigenvalue weighted by molar-refractivity contribution is 9.10. The van der Waals surface area contributed by atoms with Gasteiger partial charge >= 0.3 is 0 Å². The Morgan fingerprint density at radius 1 is 1.24 bits per heavy atom. The molecule has 112 valence electrons. The van der Waals surface area contributed by atoms with E-state index in [1.54, 1.807) is 30.3 Å². The first-order chi connectivity index (χ1) is 9.83. The van der Waals surface area contributed by atoms with Gasteiger partial charge in [-0.05, 0) is 58.2 Å². The van der Waals surface area contributed by atoms with Crippen LogP contribution >= 0.6 is 27.5 Å². The van der Waals surface area contributed by atoms with Crippen LogP contribution in [0, 0.1) is 0 Å². The Balaban J connectivity index is 2.42. The van der Waals surface area contributed by atoms with Crippen molar-refractivity contribution in [2.24, 2.45) is 0 Å². The third-order valence-corrected chi connectivity index (χ3v) is 5.63. The van der Waals surface area contributed by atoms with Crippen LogP contribution < -0.4 is 10.5 Å². The molecule has 0 saturated heterocycles. The molecular weight excluding hydrogens is 376 g/mol. The number of hydrogen-bond acceptors (Lipinski definition) is 3. The second-order valence-corrected chi connectivity index (χ2v) is 7.37. The predicted molar refractivity (Wildman–Crippen MR) is 90.2 cm³/mol. The van der Waals surface area contributed by atoms with Crippen molar-refractivity contribution < 1.29 is 8.42 Å². The van der Waals surface area contributed by atoms with Gasteiger partial charge in [-0.15, -0.1) is 0 Å². The molecule has 0 bridgehead atoms. The molecule has 2 aromatic rings. The molecule has 4 nitrogen and oxygen atoms in total. The van der Waals surface area contributed by atoms with E-state index in [1.165, 1.54) is 6.07 Å². The van der Waals surface area contributed by atoms with Crippen molar-refractivity contribution in [3.05, 3.63) is 51.5 Å². The van der Waals surface area contributed by atoms with Gasteiger partial charge in [-0.2, -0.15) is 0 Å². The first-order valence-corrected chi connectivity index (χ1v) is 8.85. The smallest absolute Gasteiger partial charge is 0.262 e. The average molecular weight is 390 g/mol. The standard InChI is InChI=1S/C14H14BrClN2O2S/c1-2-9-3-4-10(17)7-14(9)21(19,20)18-11-5-6-12(15)13(16)8-11/h3-8,18H,2,17H2,1H3. The molecular formula is C14H14BrClN2O2S. The molecule has 0 spiro atoms. The Hall–Kier alpha value is -1.24. The van der Waals surface area contributed by atoms with Crippen LogP contribution in [-0.4, -0.2) is 8.42 Å². The summed E-state index contributed by atoms with van der Waals surface area (Å²) in [4.78, 5) is 0.184. The molecule has 0 aliphatic heterocycles. The molecule has 0 unspecified atom stereocenters. The Morgan fingerprint density at radius 2 is 1.95 bits per heavy atom. The molecule has 0 aliphatic rings. The molecule has 0 aromatic heterocycles. The fourth-order valence-electron chi connectivity index (χ4n) is 1.88. The Kier molecular flexibility index (Phi) is 4.81. The van der Waals surface area contributed by atoms with E-state index in [1.807, 2.05) is 6.92 Å². The number of benzene rings is 2. The number of nitrogens with two attached hydrogens (primary N) is 1. The Bertz CT molecular complexity index is 779. The number of sulfonamides is 1. The van der Waals surface area contributed by atoms with Gasteiger partial charge in [0.1, 0.15) is 0 Å². The van der Waals surface area contributed by atoms with Crippen molar-refractivity contribution in [1.82, 2.24) is 0 Å². The second kappa shape index (κ2) is 6.25. The maximum atomic E-state index is 12.5. The van der Waals surface area contributed by atoms with E-state index in [0.29, 0.717) is 32.9 Å². The molecule has 2 aromatic carbocycles. The van der Waals surface area contributed by atoms with Gasteiger partial charge in [-0.25, -0.2) is 8.42 Å². The fraction of sp³-hybridized carbons (Fsp3) is 0.143. The van der Waals surface area contributed by atoms with Gasteiger partial charge in [0.15, 0.2) is 0 Å². The zero-order chi connectivity index (χ0) is 15.6. The van der Waals surface area contributed by atoms with Crippen LogP contribution in [-0.2, 0) is 16.4 Å². The minimum atomic E-state index is -3.71. The summed E-state index contributed by atoms with van der Waals surface area (Å²) < 4.78 is 28.2. The maximum Gasteiger partial charge on any atom is 0.262 e. The summed E-state index contributed by atoms with van der Waals surface area (Å²) in [5.41, 5.74) is 7.21. The summed E-state index contributed by atoms with van der Waals surface area (Å²) in [5, 5.41) is 0.429. The normalized spacial score (nSPS) is 11.4. The molecule has 3 N–H and O–H groups in total. The van der Waals surface area contributed by atoms with Gasteiger partial charge in [0, 0.05) is 10.2 Å². The van der Waals surface area contributed by atoms with E-state index >= 15 is 0 Å². The molecule has 21 heavy (non-hydrogen) atoms. The lowest BCUT2D eigenvalue weighted by Gasteiger charge is -2.12. The molecule has 7 heteroatoms. The molecule has 0 aliphatic carbocycles. The molecule has 0 heterocycles. The third-order valence-electron chi connectivity index (χ3n) is 2.93. The lowest BCUT2D eigenvalue weighted by Crippen LogP contribution is -2.15. The number of nitrogens with one attached hydrogen (secondary N) is 1. The van der Waals surface area contributed by atoms with Crippen LogP contribution in [0.25, 0.3) is 0 Å². The monoisotopic (exact) mass is 388 g/mol. The number of hydrogen-bond donors (Lipinski definition) is 2. The minimum absolute atomic E-state index is 0.184. The zero-order valence-electron chi connectivity index (χ0n) is 11.2. The number of aryl methyl sites for hydroxylation is 1. The molecule has 0 saturated carbocycles. The van der Waals surface area contributed by atoms with Crippen LogP contribution in [0.5, 0.6) is 0 Å². The van der Waals surface area contributed by atoms with Crippen molar-refractivity contribution >= 4 is 48.9 Å². The molecule has 2 rings (SSSR count). The summed E-state index contributed by atoms with van der Waals surface area (Å²) in [7, 11) is -3.71. The van der Waals surface area contributed by atoms with E-state index in [0.717, 1.165) is 0 Å². The number of rotatable bonds is 4. The van der Waals surface area contributed by atoms with Gasteiger partial charge in [0.05, 0.1) is 15.6 Å². The van der Waals surface area contributed by atoms with Gasteiger partial charge < -0.3 is 5.73 Å². The minimum Gasteiger partial charge on any atom is -0.399 e. The van der Waals surface area contributed by atoms with Crippen LogP contribution in [0.2, 0.25) is 5.02 Å². The molecule has 0 radical (unpaired) electrons. The average Bonchev–Trinajstić information content (AvgIpc) is 2.42. The molecule has 0 amide bonds. The number of nitrogen functional groups attached to an aromatic ring is 1. The lowest BCUT2D eigenvalue weighted by molar-refractivity contribution is 0.600. The largest absolute Gasteiger partial charge is 0.399 e. The van der Waals surface area contributed by atoms with E-state index in [-0.39, 0.29) is 4.90 Å². The highest BCUT2D eigenvalue weighted by Gasteiger charge is 2.18. The first kappa shape index (κ1) is 16.1. The number of anilines is 2. The summed E-state index contributed by atoms with van der Waals surface area (Å²) >= 11 is 9.23. The van der Waals surface area contributed by atoms with Crippen LogP contribution in [0.15, 0.2) is 45.8 Å². The van der Waals surface area contributed by atoms with Crippen molar-refractivity contribution in [3.8, 4) is 0 Å². The van der Waals surface area contributed by atoms with Crippen molar-refractivity contribution in [2.45, 2.75) is 18.2 Å². The first-order valence-electron chi connectivity index (χ1n) is 6.19. The summed E-state index contributed by atoms with van der Waals surface area (Å²) in [6.07, 6.45) is 0.595. The van der Waals surface area contributed by atoms with Gasteiger partial charge in [-0.1, -0.05) is 24.6 Å². The van der Waals surface area contributed by atoms with Crippen molar-refractivity contribution in [3.63, 3.8) is 0 Å². The van der Waals surface area contributed by atoms with Gasteiger partial charge in [0.2, 0.25) is 0 Å². The summed E-state index contributed by atoms with van der Waals surface area (Å²) in [6.45, 7) is 1.89. The van der Waals surface area contributed by atoms with Gasteiger partial charge in [0.25, 0.3) is 10.0 Å². The van der Waals surface area contributed by atoms with Crippen molar-refractivity contribution in [1.29, 1.82) is 0 Å². The van der Waals surface area contributed by atoms with Crippen LogP contribution in [0.4, 0.5) is 11.4 Å². The predicted octanol–water partition coefficient (Wildman–Crippen LogP) is 4.05. The van der Waals surface area contributed by atoms with E-state index < -0.39 is 10.0 Å². The molecule has 0 fully saturated rings. The number of halogens is 2. The Labute approximate surface area is 137 Å². The third kappa shape index (κ3) is 3.70. The highest BCUT2D eigenvalue weighted by Crippen LogP contribution is 2.28. The topological polar surface area (TPSA) is 72.2 Å². The maximum absolute atomic E-state index is 12.5. The summed E-state index contributed by atoms with van der Waals surface area (Å²) in [5.74, 6) is 0. The van der Waals surface area contributed by atoms with E-state index in [2.05, 4.69) is 20.7 Å². The van der Waals surface area contributed by atoms with E-state index in [4.69, 9.17) is 17.3 Å². The fourth-order valence-corrected chi connectivity index (χ4v) is 3.71. The second-order valence-electron chi connectivity index (χ2n) is 4.46. The SMILES string of the molecule is CCc1ccc(N)cc1S(=O)(=O)Nc1ccc(Br)c(Cl)c1. The van der Waals surface area contributed by atoms with Gasteiger partial charge in [-0.3, -0.25) is 4.72 Å². The lowest BCUT2D eigenvalue weighted by atomic mass is 10.1. The zero-order valence-corrected chi connectivity index (χ0v) is 14.4. The van der Waals surface area contributed by atoms with Crippen molar-refractivity contribution in [2.75, 3.05) is 10.5 Å².